The average Bonchev–Trinajstić information content (AvgIpc) is 4.02. The van der Waals surface area contributed by atoms with Gasteiger partial charge in [0.1, 0.15) is 40.8 Å². The Balaban J connectivity index is 1.64. The third-order valence-electron chi connectivity index (χ3n) is 13.2. The molecule has 0 amide bonds. The third kappa shape index (κ3) is 6.22. The second-order valence-electron chi connectivity index (χ2n) is 17.3. The van der Waals surface area contributed by atoms with E-state index in [1.54, 1.807) is 0 Å². The van der Waals surface area contributed by atoms with Gasteiger partial charge in [0.2, 0.25) is 63.3 Å². The number of fused-ring (bicyclic) bond motifs is 6. The minimum atomic E-state index is -2.02. The largest absolute Gasteiger partial charge is 0.512 e. The highest BCUT2D eigenvalue weighted by molar-refractivity contribution is 6.33. The maximum Gasteiger partial charge on any atom is 0.208 e. The summed E-state index contributed by atoms with van der Waals surface area (Å²) in [4.78, 5) is 0. The molecule has 31 heteroatoms. The van der Waals surface area contributed by atoms with Crippen LogP contribution in [-0.2, 0) is 0 Å². The lowest BCUT2D eigenvalue weighted by atomic mass is 9.80. The predicted octanol–water partition coefficient (Wildman–Crippen LogP) is 6.26. The first kappa shape index (κ1) is 52.4. The molecule has 1 aromatic heterocycles. The molecule has 0 spiro atoms. The zero-order valence-electron chi connectivity index (χ0n) is 38.9. The summed E-state index contributed by atoms with van der Waals surface area (Å²) in [7, 11) is 0. The summed E-state index contributed by atoms with van der Waals surface area (Å²) < 4.78 is 5.46. The zero-order valence-corrected chi connectivity index (χ0v) is 38.9. The summed E-state index contributed by atoms with van der Waals surface area (Å²) in [6.45, 7) is 0.574. The van der Waals surface area contributed by atoms with E-state index < -0.39 is 266 Å². The fourth-order valence-electron chi connectivity index (χ4n) is 9.55. The van der Waals surface area contributed by atoms with E-state index in [0.717, 1.165) is 0 Å². The van der Waals surface area contributed by atoms with E-state index in [-0.39, 0.29) is 6.26 Å². The van der Waals surface area contributed by atoms with E-state index >= 15 is 0 Å². The first-order chi connectivity index (χ1) is 37.3. The van der Waals surface area contributed by atoms with Crippen LogP contribution in [0.3, 0.4) is 0 Å². The Morgan fingerprint density at radius 2 is 0.550 bits per heavy atom. The molecule has 30 N–H and O–H groups in total. The predicted molar refractivity (Wildman–Crippen MR) is 265 cm³/mol. The molecule has 0 saturated carbocycles. The van der Waals surface area contributed by atoms with Gasteiger partial charge in [0.25, 0.3) is 0 Å². The van der Waals surface area contributed by atoms with Gasteiger partial charge in [0.15, 0.2) is 80.2 Å². The van der Waals surface area contributed by atoms with Gasteiger partial charge in [-0.05, 0) is 6.92 Å². The van der Waals surface area contributed by atoms with Crippen LogP contribution in [0.5, 0.6) is 144 Å². The Hall–Kier alpha value is -12.4. The molecule has 0 atom stereocenters. The molecule has 80 heavy (non-hydrogen) atoms. The molecule has 416 valence electrons. The number of phenols is 25. The Morgan fingerprint density at radius 1 is 0.263 bits per heavy atom. The van der Waals surface area contributed by atoms with Crippen molar-refractivity contribution in [3.63, 3.8) is 0 Å². The summed E-state index contributed by atoms with van der Waals surface area (Å²) >= 11 is 0. The number of furan rings is 1. The van der Waals surface area contributed by atoms with Gasteiger partial charge in [0, 0.05) is 32.7 Å². The number of hydrogen-bond donors (Lipinski definition) is 30. The fourth-order valence-corrected chi connectivity index (χ4v) is 9.55. The van der Waals surface area contributed by atoms with Gasteiger partial charge >= 0.3 is 0 Å². The van der Waals surface area contributed by atoms with Crippen LogP contribution in [0, 0.1) is 0 Å². The molecule has 0 unspecified atom stereocenters. The van der Waals surface area contributed by atoms with Crippen LogP contribution in [0.1, 0.15) is 12.5 Å². The topological polar surface area (TPSA) is 620 Å². The molecule has 9 aromatic rings. The van der Waals surface area contributed by atoms with Crippen molar-refractivity contribution in [3.05, 3.63) is 34.9 Å². The summed E-state index contributed by atoms with van der Waals surface area (Å²) in [6, 6.07) is 0. The Bertz CT molecular complexity index is 4410. The van der Waals surface area contributed by atoms with Crippen molar-refractivity contribution in [2.45, 2.75) is 6.92 Å². The molecule has 0 fully saturated rings. The van der Waals surface area contributed by atoms with Crippen LogP contribution in [0.4, 0.5) is 0 Å². The van der Waals surface area contributed by atoms with Gasteiger partial charge in [-0.25, -0.2) is 0 Å². The Morgan fingerprint density at radius 3 is 0.938 bits per heavy atom. The van der Waals surface area contributed by atoms with E-state index in [1.807, 2.05) is 0 Å². The smallest absolute Gasteiger partial charge is 0.208 e. The number of aliphatic hydroxyl groups is 5. The highest BCUT2D eigenvalue weighted by Gasteiger charge is 2.42. The Labute approximate surface area is 435 Å². The molecule has 1 heterocycles. The summed E-state index contributed by atoms with van der Waals surface area (Å²) in [5.74, 6) is -50.9. The summed E-state index contributed by atoms with van der Waals surface area (Å²) in [5.41, 5.74) is -15.6. The zero-order chi connectivity index (χ0) is 59.5. The maximum absolute atomic E-state index is 12.5. The SMILES string of the molecule is C\C(O)=C(/C(O)=C(O)\C(O)=C\O)c1c(O)c(-c2c(O)c(O)c(O)c(O)c2O)c(O)c(-c2c3c(O)c(O)c(O)c(O)c3c(-c3c(O)c(O)c4oc5c(O)c6c(O)c(O)c(O)c(O)c6c(O)c5c4c3O)c3c(O)c(O)c(O)c(O)c23)c1O. The molecule has 0 aliphatic heterocycles. The van der Waals surface area contributed by atoms with Crippen LogP contribution < -0.4 is 0 Å². The van der Waals surface area contributed by atoms with E-state index in [1.165, 1.54) is 0 Å². The van der Waals surface area contributed by atoms with Crippen molar-refractivity contribution in [3.8, 4) is 177 Å². The number of hydrogen-bond acceptors (Lipinski definition) is 31. The summed E-state index contributed by atoms with van der Waals surface area (Å²) in [5, 5.41) is 326. The lowest BCUT2D eigenvalue weighted by molar-refractivity contribution is 0.277. The molecule has 8 aromatic carbocycles. The fraction of sp³-hybridized carbons (Fsp3) is 0.0204. The highest BCUT2D eigenvalue weighted by atomic mass is 16.4. The molecule has 0 aliphatic rings. The van der Waals surface area contributed by atoms with E-state index in [4.69, 9.17) is 4.42 Å². The van der Waals surface area contributed by atoms with Crippen molar-refractivity contribution in [2.75, 3.05) is 0 Å². The van der Waals surface area contributed by atoms with Crippen LogP contribution in [0.15, 0.2) is 33.7 Å². The molecule has 0 bridgehead atoms. The van der Waals surface area contributed by atoms with E-state index in [0.29, 0.717) is 6.92 Å². The molecule has 0 aliphatic carbocycles. The van der Waals surface area contributed by atoms with Crippen molar-refractivity contribution in [1.82, 2.24) is 0 Å². The van der Waals surface area contributed by atoms with Gasteiger partial charge in [-0.3, -0.25) is 0 Å². The normalized spacial score (nSPS) is 12.8. The summed E-state index contributed by atoms with van der Waals surface area (Å²) in [6.07, 6.45) is -0.277. The lowest BCUT2D eigenvalue weighted by Gasteiger charge is -2.26. The standard InChI is InChI=1S/C49H34O31/c1-3(51)5(27(59)21(53)4(52)2-50)12-22(54)13(24(56)15(23(12)55)17-33(65)44(76)46(78)45(77)34(17)66)6-8-10(30(62)40(72)38(70)28(8)60)7(11-9(6)29(61)39(71)41(73)31(11)63)14-25(57)20-19-26(58)16-18(35(67)43(75)42(74)32(16)64)37(69)48(19)80-49(20)47(79)36(14)68/h2,50-79H,1H3/b4-2-,5-3+,27-21-. The third-order valence-corrected chi connectivity index (χ3v) is 13.2. The van der Waals surface area contributed by atoms with Gasteiger partial charge in [0.05, 0.1) is 54.9 Å². The van der Waals surface area contributed by atoms with Crippen molar-refractivity contribution >= 4 is 59.8 Å². The molecular formula is C49H34O31. The second-order valence-corrected chi connectivity index (χ2v) is 17.3. The molecule has 31 nitrogen and oxygen atoms in total. The maximum atomic E-state index is 12.5. The first-order valence-electron chi connectivity index (χ1n) is 21.4. The number of phenolic OH excluding ortho intramolecular Hbond substituents is 25. The van der Waals surface area contributed by atoms with Crippen molar-refractivity contribution in [2.24, 2.45) is 0 Å². The molecule has 0 saturated heterocycles. The van der Waals surface area contributed by atoms with Gasteiger partial charge < -0.3 is 158 Å². The van der Waals surface area contributed by atoms with Gasteiger partial charge in [-0.1, -0.05) is 0 Å². The number of aromatic hydroxyl groups is 25. The second kappa shape index (κ2) is 16.8. The minimum Gasteiger partial charge on any atom is -0.512 e. The highest BCUT2D eigenvalue weighted by Crippen LogP contribution is 2.70. The first-order valence-corrected chi connectivity index (χ1v) is 21.4. The monoisotopic (exact) mass is 1120 g/mol. The van der Waals surface area contributed by atoms with Crippen LogP contribution in [-0.4, -0.2) is 153 Å². The molecule has 0 radical (unpaired) electrons. The average molecular weight is 1120 g/mol. The lowest BCUT2D eigenvalue weighted by Crippen LogP contribution is -2.03. The number of aliphatic hydroxyl groups excluding tert-OH is 5. The Kier molecular flexibility index (Phi) is 11.0. The van der Waals surface area contributed by atoms with Crippen molar-refractivity contribution < 1.29 is 158 Å². The number of benzene rings is 8. The van der Waals surface area contributed by atoms with Gasteiger partial charge in [-0.15, -0.1) is 0 Å². The number of allylic oxidation sites excluding steroid dienone is 2. The molecule has 9 rings (SSSR count). The van der Waals surface area contributed by atoms with E-state index in [2.05, 4.69) is 0 Å². The minimum absolute atomic E-state index is 0.277. The quantitative estimate of drug-likeness (QED) is 0.0287. The van der Waals surface area contributed by atoms with E-state index in [9.17, 15) is 153 Å². The van der Waals surface area contributed by atoms with Crippen LogP contribution in [0.25, 0.3) is 93.2 Å². The van der Waals surface area contributed by atoms with Crippen LogP contribution >= 0.6 is 0 Å². The van der Waals surface area contributed by atoms with Crippen molar-refractivity contribution in [1.29, 1.82) is 0 Å². The van der Waals surface area contributed by atoms with Gasteiger partial charge in [-0.2, -0.15) is 0 Å². The van der Waals surface area contributed by atoms with Crippen LogP contribution in [0.2, 0.25) is 0 Å². The molecular weight excluding hydrogens is 1080 g/mol. The number of rotatable bonds is 6.